The second-order valence-corrected chi connectivity index (χ2v) is 6.48. The summed E-state index contributed by atoms with van der Waals surface area (Å²) >= 11 is 0. The Labute approximate surface area is 103 Å². The van der Waals surface area contributed by atoms with Crippen LogP contribution < -0.4 is 0 Å². The average Bonchev–Trinajstić information content (AvgIpc) is 2.29. The SMILES string of the molecule is CC[C@@H]1CC(C)C(C)C(C)C(C)C[C@@H]1CC. The fraction of sp³-hybridized carbons (Fsp3) is 1.00. The molecule has 0 heteroatoms. The van der Waals surface area contributed by atoms with Gasteiger partial charge in [-0.15, -0.1) is 0 Å². The summed E-state index contributed by atoms with van der Waals surface area (Å²) < 4.78 is 0. The molecule has 1 fully saturated rings. The number of hydrogen-bond donors (Lipinski definition) is 0. The van der Waals surface area contributed by atoms with Gasteiger partial charge in [-0.1, -0.05) is 54.4 Å². The van der Waals surface area contributed by atoms with E-state index in [-0.39, 0.29) is 0 Å². The summed E-state index contributed by atoms with van der Waals surface area (Å²) in [5.74, 6) is 5.60. The van der Waals surface area contributed by atoms with Crippen molar-refractivity contribution in [1.82, 2.24) is 0 Å². The first-order chi connectivity index (χ1) is 7.51. The molecule has 1 aliphatic rings. The van der Waals surface area contributed by atoms with Crippen LogP contribution in [-0.2, 0) is 0 Å². The van der Waals surface area contributed by atoms with Crippen LogP contribution in [0.4, 0.5) is 0 Å². The van der Waals surface area contributed by atoms with E-state index < -0.39 is 0 Å². The Kier molecular flexibility index (Phi) is 5.34. The highest BCUT2D eigenvalue weighted by molar-refractivity contribution is 4.82. The zero-order valence-electron chi connectivity index (χ0n) is 12.3. The predicted octanol–water partition coefficient (Wildman–Crippen LogP) is 5.38. The molecule has 0 nitrogen and oxygen atoms in total. The lowest BCUT2D eigenvalue weighted by Gasteiger charge is -2.40. The molecule has 16 heavy (non-hydrogen) atoms. The van der Waals surface area contributed by atoms with Crippen LogP contribution in [0.3, 0.4) is 0 Å². The Balaban J connectivity index is 2.80. The van der Waals surface area contributed by atoms with Gasteiger partial charge in [0.2, 0.25) is 0 Å². The van der Waals surface area contributed by atoms with E-state index in [0.29, 0.717) is 0 Å². The predicted molar refractivity (Wildman–Crippen MR) is 73.5 cm³/mol. The van der Waals surface area contributed by atoms with E-state index in [1.165, 1.54) is 25.7 Å². The zero-order valence-corrected chi connectivity index (χ0v) is 12.3. The van der Waals surface area contributed by atoms with Crippen LogP contribution in [0.1, 0.15) is 67.2 Å². The summed E-state index contributed by atoms with van der Waals surface area (Å²) in [4.78, 5) is 0. The first-order valence-corrected chi connectivity index (χ1v) is 7.51. The van der Waals surface area contributed by atoms with Crippen LogP contribution in [-0.4, -0.2) is 0 Å². The Morgan fingerprint density at radius 1 is 0.688 bits per heavy atom. The molecule has 0 spiro atoms. The summed E-state index contributed by atoms with van der Waals surface area (Å²) in [6.07, 6.45) is 5.70. The Hall–Kier alpha value is 0. The van der Waals surface area contributed by atoms with E-state index >= 15 is 0 Å². The highest BCUT2D eigenvalue weighted by Crippen LogP contribution is 2.41. The molecule has 0 bridgehead atoms. The van der Waals surface area contributed by atoms with Crippen LogP contribution in [0.15, 0.2) is 0 Å². The summed E-state index contributed by atoms with van der Waals surface area (Å²) in [7, 11) is 0. The molecule has 1 rings (SSSR count). The van der Waals surface area contributed by atoms with E-state index in [1.54, 1.807) is 0 Å². The largest absolute Gasteiger partial charge is 0.0651 e. The molecule has 1 saturated carbocycles. The van der Waals surface area contributed by atoms with E-state index in [0.717, 1.165) is 35.5 Å². The van der Waals surface area contributed by atoms with Crippen molar-refractivity contribution in [2.45, 2.75) is 67.2 Å². The first-order valence-electron chi connectivity index (χ1n) is 7.51. The standard InChI is InChI=1S/C16H32/c1-7-15-9-11(3)13(5)14(6)12(4)10-16(15)8-2/h11-16H,7-10H2,1-6H3/t11?,12?,13?,14?,15-,16+. The minimum atomic E-state index is 0.904. The van der Waals surface area contributed by atoms with Gasteiger partial charge in [0.15, 0.2) is 0 Å². The number of hydrogen-bond acceptors (Lipinski definition) is 0. The Morgan fingerprint density at radius 3 is 1.25 bits per heavy atom. The minimum Gasteiger partial charge on any atom is -0.0651 e. The molecule has 0 aromatic carbocycles. The quantitative estimate of drug-likeness (QED) is 0.591. The molecule has 0 saturated heterocycles. The summed E-state index contributed by atoms with van der Waals surface area (Å²) in [5.41, 5.74) is 0. The molecule has 0 aliphatic heterocycles. The first kappa shape index (κ1) is 14.1. The second-order valence-electron chi connectivity index (χ2n) is 6.48. The van der Waals surface area contributed by atoms with E-state index in [4.69, 9.17) is 0 Å². The van der Waals surface area contributed by atoms with Crippen molar-refractivity contribution in [3.8, 4) is 0 Å². The van der Waals surface area contributed by atoms with Gasteiger partial charge in [0, 0.05) is 0 Å². The van der Waals surface area contributed by atoms with Gasteiger partial charge in [-0.2, -0.15) is 0 Å². The van der Waals surface area contributed by atoms with Crippen LogP contribution in [0.25, 0.3) is 0 Å². The molecule has 0 N–H and O–H groups in total. The second kappa shape index (κ2) is 6.07. The molecule has 0 radical (unpaired) electrons. The van der Waals surface area contributed by atoms with E-state index in [9.17, 15) is 0 Å². The molecule has 4 unspecified atom stereocenters. The van der Waals surface area contributed by atoms with Gasteiger partial charge >= 0.3 is 0 Å². The third-order valence-electron chi connectivity index (χ3n) is 5.69. The van der Waals surface area contributed by atoms with Crippen LogP contribution >= 0.6 is 0 Å². The van der Waals surface area contributed by atoms with E-state index in [2.05, 4.69) is 41.5 Å². The molecule has 0 amide bonds. The van der Waals surface area contributed by atoms with Crippen molar-refractivity contribution in [1.29, 1.82) is 0 Å². The van der Waals surface area contributed by atoms with E-state index in [1.807, 2.05) is 0 Å². The monoisotopic (exact) mass is 224 g/mol. The fourth-order valence-electron chi connectivity index (χ4n) is 3.81. The van der Waals surface area contributed by atoms with Crippen LogP contribution in [0, 0.1) is 35.5 Å². The van der Waals surface area contributed by atoms with Crippen molar-refractivity contribution in [3.05, 3.63) is 0 Å². The van der Waals surface area contributed by atoms with Gasteiger partial charge in [0.1, 0.15) is 0 Å². The smallest absolute Gasteiger partial charge is 0.0386 e. The van der Waals surface area contributed by atoms with Crippen molar-refractivity contribution < 1.29 is 0 Å². The van der Waals surface area contributed by atoms with Gasteiger partial charge in [-0.05, 0) is 48.3 Å². The average molecular weight is 224 g/mol. The molecule has 0 heterocycles. The molecular weight excluding hydrogens is 192 g/mol. The van der Waals surface area contributed by atoms with Crippen molar-refractivity contribution in [3.63, 3.8) is 0 Å². The van der Waals surface area contributed by atoms with Crippen molar-refractivity contribution in [2.24, 2.45) is 35.5 Å². The molecule has 6 atom stereocenters. The molecular formula is C16H32. The van der Waals surface area contributed by atoms with Crippen LogP contribution in [0.2, 0.25) is 0 Å². The lowest BCUT2D eigenvalue weighted by atomic mass is 9.66. The molecule has 0 aromatic rings. The third-order valence-corrected chi connectivity index (χ3v) is 5.69. The summed E-state index contributed by atoms with van der Waals surface area (Å²) in [6, 6.07) is 0. The Bertz CT molecular complexity index is 174. The minimum absolute atomic E-state index is 0.904. The van der Waals surface area contributed by atoms with Gasteiger partial charge in [0.05, 0.1) is 0 Å². The Morgan fingerprint density at radius 2 is 1.00 bits per heavy atom. The maximum atomic E-state index is 2.48. The molecule has 0 aromatic heterocycles. The summed E-state index contributed by atoms with van der Waals surface area (Å²) in [5, 5.41) is 0. The lowest BCUT2D eigenvalue weighted by molar-refractivity contribution is 0.0994. The van der Waals surface area contributed by atoms with Gasteiger partial charge in [-0.25, -0.2) is 0 Å². The highest BCUT2D eigenvalue weighted by Gasteiger charge is 2.32. The molecule has 1 aliphatic carbocycles. The van der Waals surface area contributed by atoms with Gasteiger partial charge in [0.25, 0.3) is 0 Å². The summed E-state index contributed by atoms with van der Waals surface area (Å²) in [6.45, 7) is 14.7. The molecule has 96 valence electrons. The topological polar surface area (TPSA) is 0 Å². The highest BCUT2D eigenvalue weighted by atomic mass is 14.4. The fourth-order valence-corrected chi connectivity index (χ4v) is 3.81. The van der Waals surface area contributed by atoms with Crippen molar-refractivity contribution in [2.75, 3.05) is 0 Å². The van der Waals surface area contributed by atoms with Crippen LogP contribution in [0.5, 0.6) is 0 Å². The normalized spacial score (nSPS) is 46.1. The van der Waals surface area contributed by atoms with Gasteiger partial charge < -0.3 is 0 Å². The van der Waals surface area contributed by atoms with Gasteiger partial charge in [-0.3, -0.25) is 0 Å². The third kappa shape index (κ3) is 3.02. The number of rotatable bonds is 2. The lowest BCUT2D eigenvalue weighted by Crippen LogP contribution is -2.31. The zero-order chi connectivity index (χ0) is 12.3. The maximum Gasteiger partial charge on any atom is -0.0386 e. The van der Waals surface area contributed by atoms with Crippen molar-refractivity contribution >= 4 is 0 Å². The maximum absolute atomic E-state index is 2.48.